The van der Waals surface area contributed by atoms with Crippen LogP contribution in [-0.4, -0.2) is 37.8 Å². The lowest BCUT2D eigenvalue weighted by atomic mass is 9.75. The van der Waals surface area contributed by atoms with Gasteiger partial charge in [0.15, 0.2) is 0 Å². The van der Waals surface area contributed by atoms with Crippen molar-refractivity contribution in [3.8, 4) is 11.3 Å². The molecule has 6 rings (SSSR count). The Morgan fingerprint density at radius 1 is 1.18 bits per heavy atom. The third kappa shape index (κ3) is 4.56. The van der Waals surface area contributed by atoms with Crippen LogP contribution in [0.5, 0.6) is 0 Å². The van der Waals surface area contributed by atoms with Crippen molar-refractivity contribution >= 4 is 38.4 Å². The number of halogens is 2. The molecule has 5 aromatic rings. The van der Waals surface area contributed by atoms with Crippen molar-refractivity contribution in [2.45, 2.75) is 50.7 Å². The number of aryl methyl sites for hydroxylation is 1. The number of aromatic amines is 1. The van der Waals surface area contributed by atoms with Crippen molar-refractivity contribution in [3.63, 3.8) is 0 Å². The largest absolute Gasteiger partial charge is 0.393 e. The van der Waals surface area contributed by atoms with Crippen LogP contribution in [0, 0.1) is 18.6 Å². The van der Waals surface area contributed by atoms with Gasteiger partial charge in [0, 0.05) is 34.0 Å². The molecule has 0 aliphatic heterocycles. The van der Waals surface area contributed by atoms with Crippen molar-refractivity contribution in [2.75, 3.05) is 0 Å². The van der Waals surface area contributed by atoms with E-state index in [-0.39, 0.29) is 24.3 Å². The third-order valence-corrected chi connectivity index (χ3v) is 8.30. The van der Waals surface area contributed by atoms with Gasteiger partial charge in [0.25, 0.3) is 5.91 Å². The van der Waals surface area contributed by atoms with Gasteiger partial charge in [-0.25, -0.2) is 13.8 Å². The molecule has 194 valence electrons. The smallest absolute Gasteiger partial charge is 0.251 e. The normalized spacial score (nSPS) is 19.7. The fourth-order valence-electron chi connectivity index (χ4n) is 5.56. The summed E-state index contributed by atoms with van der Waals surface area (Å²) in [6.07, 6.45) is 1.26. The van der Waals surface area contributed by atoms with Crippen LogP contribution in [0.3, 0.4) is 0 Å². The summed E-state index contributed by atoms with van der Waals surface area (Å²) in [5.41, 5.74) is 2.70. The Balaban J connectivity index is 1.34. The van der Waals surface area contributed by atoms with Gasteiger partial charge in [0.05, 0.1) is 32.5 Å². The lowest BCUT2D eigenvalue weighted by Gasteiger charge is -2.40. The van der Waals surface area contributed by atoms with E-state index in [1.165, 1.54) is 18.2 Å². The van der Waals surface area contributed by atoms with Crippen LogP contribution in [0.15, 0.2) is 54.6 Å². The van der Waals surface area contributed by atoms with Gasteiger partial charge in [-0.15, -0.1) is 11.3 Å². The molecule has 2 heterocycles. The van der Waals surface area contributed by atoms with Gasteiger partial charge in [0.1, 0.15) is 11.6 Å². The van der Waals surface area contributed by atoms with E-state index in [2.05, 4.69) is 20.5 Å². The zero-order valence-electron chi connectivity index (χ0n) is 20.7. The predicted molar refractivity (Wildman–Crippen MR) is 144 cm³/mol. The van der Waals surface area contributed by atoms with Crippen molar-refractivity contribution in [3.05, 3.63) is 82.4 Å². The first-order chi connectivity index (χ1) is 18.3. The maximum atomic E-state index is 14.5. The van der Waals surface area contributed by atoms with E-state index < -0.39 is 23.3 Å². The molecule has 3 aromatic carbocycles. The van der Waals surface area contributed by atoms with Crippen LogP contribution >= 0.6 is 11.3 Å². The number of benzene rings is 3. The van der Waals surface area contributed by atoms with Crippen LogP contribution in [0.1, 0.15) is 46.6 Å². The molecule has 2 atom stereocenters. The molecular formula is C29H26F2N4O2S. The molecule has 1 aliphatic carbocycles. The van der Waals surface area contributed by atoms with Crippen molar-refractivity contribution in [2.24, 2.45) is 0 Å². The highest BCUT2D eigenvalue weighted by Crippen LogP contribution is 2.35. The first-order valence-electron chi connectivity index (χ1n) is 12.6. The Hall–Kier alpha value is -3.69. The molecule has 1 saturated carbocycles. The van der Waals surface area contributed by atoms with E-state index >= 15 is 0 Å². The quantitative estimate of drug-likeness (QED) is 0.256. The maximum absolute atomic E-state index is 14.5. The lowest BCUT2D eigenvalue weighted by Crippen LogP contribution is -2.54. The lowest BCUT2D eigenvalue weighted by molar-refractivity contribution is 0.0600. The molecule has 6 nitrogen and oxygen atoms in total. The summed E-state index contributed by atoms with van der Waals surface area (Å²) in [6.45, 7) is 1.97. The number of carbonyl (C=O) groups excluding carboxylic acids is 1. The van der Waals surface area contributed by atoms with Gasteiger partial charge < -0.3 is 10.4 Å². The zero-order chi connectivity index (χ0) is 26.4. The minimum atomic E-state index is -0.971. The Labute approximate surface area is 221 Å². The first-order valence-corrected chi connectivity index (χ1v) is 13.4. The highest BCUT2D eigenvalue weighted by Gasteiger charge is 2.39. The molecule has 1 fully saturated rings. The summed E-state index contributed by atoms with van der Waals surface area (Å²) >= 11 is 1.61. The van der Waals surface area contributed by atoms with Crippen LogP contribution in [0.25, 0.3) is 32.4 Å². The van der Waals surface area contributed by atoms with Crippen LogP contribution in [0.4, 0.5) is 8.78 Å². The second-order valence-electron chi connectivity index (χ2n) is 10.1. The molecule has 2 unspecified atom stereocenters. The van der Waals surface area contributed by atoms with E-state index in [0.29, 0.717) is 24.8 Å². The summed E-state index contributed by atoms with van der Waals surface area (Å²) in [4.78, 5) is 18.1. The SMILES string of the molecule is Cc1nc2ccc(-c3n[nH]c4ccc(C(=O)NC5(Cc6c(F)cccc6F)CCCC(O)C5)cc34)cc2s1. The molecule has 9 heteroatoms. The van der Waals surface area contributed by atoms with Crippen LogP contribution in [0.2, 0.25) is 0 Å². The third-order valence-electron chi connectivity index (χ3n) is 7.37. The number of H-pyrrole nitrogens is 1. The van der Waals surface area contributed by atoms with Crippen molar-refractivity contribution < 1.29 is 18.7 Å². The summed E-state index contributed by atoms with van der Waals surface area (Å²) < 4.78 is 30.2. The van der Waals surface area contributed by atoms with Gasteiger partial charge in [-0.1, -0.05) is 12.1 Å². The van der Waals surface area contributed by atoms with Crippen LogP contribution in [-0.2, 0) is 6.42 Å². The highest BCUT2D eigenvalue weighted by molar-refractivity contribution is 7.18. The molecule has 3 N–H and O–H groups in total. The molecule has 38 heavy (non-hydrogen) atoms. The second-order valence-corrected chi connectivity index (χ2v) is 11.3. The fraction of sp³-hybridized carbons (Fsp3) is 0.276. The maximum Gasteiger partial charge on any atom is 0.251 e. The topological polar surface area (TPSA) is 90.9 Å². The van der Waals surface area contributed by atoms with E-state index in [4.69, 9.17) is 0 Å². The Kier molecular flexibility index (Phi) is 6.20. The number of thiazole rings is 1. The van der Waals surface area contributed by atoms with Gasteiger partial charge in [-0.2, -0.15) is 5.10 Å². The number of amides is 1. The van der Waals surface area contributed by atoms with Crippen LogP contribution < -0.4 is 5.32 Å². The fourth-order valence-corrected chi connectivity index (χ4v) is 6.43. The molecule has 0 bridgehead atoms. The standard InChI is InChI=1S/C29H26F2N4O2S/c1-16-32-25-10-7-17(13-26(25)38-16)27-20-12-18(8-9-24(20)34-35-27)28(37)33-29(11-3-4-19(36)14-29)15-21-22(30)5-2-6-23(21)31/h2,5-10,12-13,19,36H,3-4,11,14-15H2,1H3,(H,33,37)(H,34,35). The number of rotatable bonds is 5. The van der Waals surface area contributed by atoms with E-state index in [1.807, 2.05) is 25.1 Å². The van der Waals surface area contributed by atoms with Gasteiger partial charge in [0.2, 0.25) is 0 Å². The summed E-state index contributed by atoms with van der Waals surface area (Å²) in [5.74, 6) is -1.68. The van der Waals surface area contributed by atoms with Gasteiger partial charge in [-0.05, 0) is 75.1 Å². The number of carbonyl (C=O) groups is 1. The number of aromatic nitrogens is 3. The summed E-state index contributed by atoms with van der Waals surface area (Å²) in [6, 6.07) is 15.0. The zero-order valence-corrected chi connectivity index (χ0v) is 21.5. The Bertz CT molecular complexity index is 1660. The molecule has 2 aromatic heterocycles. The minimum Gasteiger partial charge on any atom is -0.393 e. The highest BCUT2D eigenvalue weighted by atomic mass is 32.1. The average Bonchev–Trinajstić information content (AvgIpc) is 3.48. The molecule has 0 saturated heterocycles. The second kappa shape index (κ2) is 9.56. The molecular weight excluding hydrogens is 506 g/mol. The number of aliphatic hydroxyl groups is 1. The monoisotopic (exact) mass is 532 g/mol. The first kappa shape index (κ1) is 24.6. The average molecular weight is 533 g/mol. The predicted octanol–water partition coefficient (Wildman–Crippen LogP) is 6.07. The number of fused-ring (bicyclic) bond motifs is 2. The Morgan fingerprint density at radius 2 is 2.00 bits per heavy atom. The summed E-state index contributed by atoms with van der Waals surface area (Å²) in [7, 11) is 0. The Morgan fingerprint density at radius 3 is 2.79 bits per heavy atom. The van der Waals surface area contributed by atoms with Gasteiger partial charge >= 0.3 is 0 Å². The van der Waals surface area contributed by atoms with Crippen molar-refractivity contribution in [1.82, 2.24) is 20.5 Å². The van der Waals surface area contributed by atoms with Gasteiger partial charge in [-0.3, -0.25) is 9.89 Å². The van der Waals surface area contributed by atoms with Crippen molar-refractivity contribution in [1.29, 1.82) is 0 Å². The molecule has 0 radical (unpaired) electrons. The summed E-state index contributed by atoms with van der Waals surface area (Å²) in [5, 5.41) is 22.8. The number of hydrogen-bond donors (Lipinski definition) is 3. The molecule has 1 aliphatic rings. The van der Waals surface area contributed by atoms with E-state index in [0.717, 1.165) is 37.4 Å². The number of aliphatic hydroxyl groups excluding tert-OH is 1. The number of hydrogen-bond acceptors (Lipinski definition) is 5. The minimum absolute atomic E-state index is 0.0399. The number of nitrogens with zero attached hydrogens (tertiary/aromatic N) is 2. The van der Waals surface area contributed by atoms with E-state index in [9.17, 15) is 18.7 Å². The molecule has 1 amide bonds. The number of nitrogens with one attached hydrogen (secondary N) is 2. The van der Waals surface area contributed by atoms with E-state index in [1.54, 1.807) is 29.5 Å². The molecule has 0 spiro atoms.